The maximum Gasteiger partial charge on any atom is 0.0601 e. The van der Waals surface area contributed by atoms with Gasteiger partial charge in [-0.1, -0.05) is 47.0 Å². The monoisotopic (exact) mass is 200 g/mol. The van der Waals surface area contributed by atoms with E-state index in [9.17, 15) is 0 Å². The molecule has 0 fully saturated rings. The van der Waals surface area contributed by atoms with Crippen molar-refractivity contribution in [2.24, 2.45) is 11.8 Å². The molecule has 0 heterocycles. The molecule has 0 amide bonds. The molecule has 0 aromatic heterocycles. The molecule has 2 unspecified atom stereocenters. The van der Waals surface area contributed by atoms with Gasteiger partial charge in [-0.05, 0) is 24.7 Å². The Balaban J connectivity index is 4.11. The number of rotatable bonds is 8. The Bertz CT molecular complexity index is 120. The summed E-state index contributed by atoms with van der Waals surface area (Å²) in [4.78, 5) is 0. The largest absolute Gasteiger partial charge is 0.381 e. The van der Waals surface area contributed by atoms with Gasteiger partial charge in [-0.2, -0.15) is 0 Å². The van der Waals surface area contributed by atoms with Crippen molar-refractivity contribution in [2.45, 2.75) is 65.9 Å². The molecule has 0 aliphatic rings. The SMILES string of the molecule is CCCCC(OC)C(CCC)C(C)C. The highest BCUT2D eigenvalue weighted by Gasteiger charge is 2.22. The number of ether oxygens (including phenoxy) is 1. The van der Waals surface area contributed by atoms with Crippen LogP contribution in [0.15, 0.2) is 0 Å². The number of methoxy groups -OCH3 is 1. The summed E-state index contributed by atoms with van der Waals surface area (Å²) in [5.41, 5.74) is 0. The van der Waals surface area contributed by atoms with Gasteiger partial charge in [0.05, 0.1) is 6.10 Å². The molecule has 1 heteroatoms. The summed E-state index contributed by atoms with van der Waals surface area (Å²) in [6, 6.07) is 0. The number of hydrogen-bond donors (Lipinski definition) is 0. The van der Waals surface area contributed by atoms with Crippen LogP contribution in [0, 0.1) is 11.8 Å². The van der Waals surface area contributed by atoms with Crippen LogP contribution in [0.2, 0.25) is 0 Å². The summed E-state index contributed by atoms with van der Waals surface area (Å²) >= 11 is 0. The quantitative estimate of drug-likeness (QED) is 0.569. The minimum Gasteiger partial charge on any atom is -0.381 e. The summed E-state index contributed by atoms with van der Waals surface area (Å²) < 4.78 is 5.63. The molecule has 1 nitrogen and oxygen atoms in total. The van der Waals surface area contributed by atoms with E-state index in [0.717, 1.165) is 11.8 Å². The van der Waals surface area contributed by atoms with Gasteiger partial charge in [0.2, 0.25) is 0 Å². The normalized spacial score (nSPS) is 15.9. The first kappa shape index (κ1) is 14.0. The number of unbranched alkanes of at least 4 members (excludes halogenated alkanes) is 1. The first-order valence-corrected chi connectivity index (χ1v) is 6.20. The topological polar surface area (TPSA) is 9.23 Å². The van der Waals surface area contributed by atoms with Crippen molar-refractivity contribution in [3.63, 3.8) is 0 Å². The van der Waals surface area contributed by atoms with Gasteiger partial charge in [0.15, 0.2) is 0 Å². The van der Waals surface area contributed by atoms with Crippen LogP contribution in [0.4, 0.5) is 0 Å². The van der Waals surface area contributed by atoms with Crippen LogP contribution in [0.5, 0.6) is 0 Å². The van der Waals surface area contributed by atoms with Crippen molar-refractivity contribution in [3.05, 3.63) is 0 Å². The Morgan fingerprint density at radius 1 is 1.00 bits per heavy atom. The average Bonchev–Trinajstić information content (AvgIpc) is 2.17. The van der Waals surface area contributed by atoms with E-state index in [4.69, 9.17) is 4.74 Å². The Morgan fingerprint density at radius 3 is 2.00 bits per heavy atom. The predicted molar refractivity (Wildman–Crippen MR) is 63.6 cm³/mol. The molecule has 0 aromatic carbocycles. The fraction of sp³-hybridized carbons (Fsp3) is 1.00. The zero-order chi connectivity index (χ0) is 11.0. The van der Waals surface area contributed by atoms with Crippen LogP contribution < -0.4 is 0 Å². The third kappa shape index (κ3) is 4.99. The Kier molecular flexibility index (Phi) is 8.26. The fourth-order valence-corrected chi connectivity index (χ4v) is 2.19. The van der Waals surface area contributed by atoms with Gasteiger partial charge in [-0.3, -0.25) is 0 Å². The Hall–Kier alpha value is -0.0400. The minimum atomic E-state index is 0.481. The second-order valence-corrected chi connectivity index (χ2v) is 4.61. The molecule has 0 N–H and O–H groups in total. The molecule has 0 bridgehead atoms. The summed E-state index contributed by atoms with van der Waals surface area (Å²) in [6.07, 6.45) is 6.86. The summed E-state index contributed by atoms with van der Waals surface area (Å²) in [5.74, 6) is 1.49. The highest BCUT2D eigenvalue weighted by molar-refractivity contribution is 4.73. The summed E-state index contributed by atoms with van der Waals surface area (Å²) in [6.45, 7) is 9.15. The van der Waals surface area contributed by atoms with Crippen LogP contribution in [0.3, 0.4) is 0 Å². The van der Waals surface area contributed by atoms with Crippen LogP contribution in [-0.4, -0.2) is 13.2 Å². The van der Waals surface area contributed by atoms with Gasteiger partial charge in [0.25, 0.3) is 0 Å². The van der Waals surface area contributed by atoms with E-state index in [0.29, 0.717) is 6.10 Å². The highest BCUT2D eigenvalue weighted by atomic mass is 16.5. The lowest BCUT2D eigenvalue weighted by Crippen LogP contribution is -2.27. The maximum absolute atomic E-state index is 5.63. The second-order valence-electron chi connectivity index (χ2n) is 4.61. The summed E-state index contributed by atoms with van der Waals surface area (Å²) in [7, 11) is 1.87. The van der Waals surface area contributed by atoms with Crippen molar-refractivity contribution in [3.8, 4) is 0 Å². The first-order chi connectivity index (χ1) is 6.67. The average molecular weight is 200 g/mol. The lowest BCUT2D eigenvalue weighted by Gasteiger charge is -2.29. The van der Waals surface area contributed by atoms with Crippen LogP contribution >= 0.6 is 0 Å². The van der Waals surface area contributed by atoms with Gasteiger partial charge in [-0.25, -0.2) is 0 Å². The van der Waals surface area contributed by atoms with Crippen molar-refractivity contribution in [1.29, 1.82) is 0 Å². The molecule has 0 saturated heterocycles. The standard InChI is InChI=1S/C13H28O/c1-6-8-10-13(14-5)12(9-7-2)11(3)4/h11-13H,6-10H2,1-5H3. The van der Waals surface area contributed by atoms with E-state index in [2.05, 4.69) is 27.7 Å². The van der Waals surface area contributed by atoms with E-state index in [1.54, 1.807) is 0 Å². The molecular formula is C13H28O. The summed E-state index contributed by atoms with van der Waals surface area (Å²) in [5, 5.41) is 0. The minimum absolute atomic E-state index is 0.481. The Labute approximate surface area is 90.2 Å². The molecule has 0 aromatic rings. The fourth-order valence-electron chi connectivity index (χ4n) is 2.19. The van der Waals surface area contributed by atoms with Gasteiger partial charge in [0.1, 0.15) is 0 Å². The lowest BCUT2D eigenvalue weighted by molar-refractivity contribution is 0.0215. The molecule has 0 rings (SSSR count). The zero-order valence-corrected chi connectivity index (χ0v) is 10.7. The van der Waals surface area contributed by atoms with Gasteiger partial charge >= 0.3 is 0 Å². The molecule has 0 spiro atoms. The predicted octanol–water partition coefficient (Wildman–Crippen LogP) is 4.26. The first-order valence-electron chi connectivity index (χ1n) is 6.20. The molecule has 0 saturated carbocycles. The van der Waals surface area contributed by atoms with Crippen LogP contribution in [0.25, 0.3) is 0 Å². The molecule has 0 aliphatic heterocycles. The van der Waals surface area contributed by atoms with E-state index in [1.165, 1.54) is 32.1 Å². The Morgan fingerprint density at radius 2 is 1.64 bits per heavy atom. The van der Waals surface area contributed by atoms with Crippen LogP contribution in [-0.2, 0) is 4.74 Å². The van der Waals surface area contributed by atoms with Crippen molar-refractivity contribution < 1.29 is 4.74 Å². The van der Waals surface area contributed by atoms with E-state index >= 15 is 0 Å². The van der Waals surface area contributed by atoms with E-state index in [1.807, 2.05) is 7.11 Å². The van der Waals surface area contributed by atoms with Crippen LogP contribution in [0.1, 0.15) is 59.8 Å². The third-order valence-corrected chi connectivity index (χ3v) is 3.10. The van der Waals surface area contributed by atoms with Gasteiger partial charge in [0, 0.05) is 7.11 Å². The molecular weight excluding hydrogens is 172 g/mol. The van der Waals surface area contributed by atoms with E-state index < -0.39 is 0 Å². The van der Waals surface area contributed by atoms with Crippen molar-refractivity contribution in [1.82, 2.24) is 0 Å². The van der Waals surface area contributed by atoms with E-state index in [-0.39, 0.29) is 0 Å². The van der Waals surface area contributed by atoms with Crippen molar-refractivity contribution >= 4 is 0 Å². The smallest absolute Gasteiger partial charge is 0.0601 e. The molecule has 0 aliphatic carbocycles. The van der Waals surface area contributed by atoms with Gasteiger partial charge in [-0.15, -0.1) is 0 Å². The molecule has 14 heavy (non-hydrogen) atoms. The third-order valence-electron chi connectivity index (χ3n) is 3.10. The van der Waals surface area contributed by atoms with Crippen molar-refractivity contribution in [2.75, 3.05) is 7.11 Å². The maximum atomic E-state index is 5.63. The molecule has 2 atom stereocenters. The van der Waals surface area contributed by atoms with Gasteiger partial charge < -0.3 is 4.74 Å². The highest BCUT2D eigenvalue weighted by Crippen LogP contribution is 2.26. The lowest BCUT2D eigenvalue weighted by atomic mass is 9.84. The number of hydrogen-bond acceptors (Lipinski definition) is 1. The second kappa shape index (κ2) is 8.28. The molecule has 0 radical (unpaired) electrons. The molecule has 86 valence electrons. The zero-order valence-electron chi connectivity index (χ0n) is 10.7.